The molecule has 0 bridgehead atoms. The van der Waals surface area contributed by atoms with Gasteiger partial charge in [-0.05, 0) is 30.9 Å². The van der Waals surface area contributed by atoms with E-state index < -0.39 is 5.54 Å². The van der Waals surface area contributed by atoms with E-state index in [9.17, 15) is 4.79 Å². The number of hydrogen-bond donors (Lipinski definition) is 1. The average Bonchev–Trinajstić information content (AvgIpc) is 2.97. The van der Waals surface area contributed by atoms with Gasteiger partial charge in [0.2, 0.25) is 5.91 Å². The van der Waals surface area contributed by atoms with Crippen LogP contribution in [-0.2, 0) is 16.0 Å². The summed E-state index contributed by atoms with van der Waals surface area (Å²) < 4.78 is 5.92. The molecule has 126 valence electrons. The van der Waals surface area contributed by atoms with Crippen molar-refractivity contribution in [3.63, 3.8) is 0 Å². The fourth-order valence-corrected chi connectivity index (χ4v) is 4.78. The molecular weight excluding hydrogens is 312 g/mol. The molecule has 1 aromatic carbocycles. The largest absolute Gasteiger partial charge is 0.377 e. The van der Waals surface area contributed by atoms with E-state index in [1.54, 1.807) is 0 Å². The van der Waals surface area contributed by atoms with Crippen molar-refractivity contribution in [2.75, 3.05) is 18.1 Å². The number of hydrogen-bond acceptors (Lipinski definition) is 3. The minimum absolute atomic E-state index is 0. The molecule has 1 amide bonds. The number of amides is 1. The zero-order valence-corrected chi connectivity index (χ0v) is 14.6. The van der Waals surface area contributed by atoms with Gasteiger partial charge in [0, 0.05) is 30.2 Å². The topological polar surface area (TPSA) is 55.6 Å². The van der Waals surface area contributed by atoms with Crippen LogP contribution in [0.3, 0.4) is 0 Å². The molecule has 5 heteroatoms. The Labute approximate surface area is 143 Å². The zero-order chi connectivity index (χ0) is 15.5. The fraction of sp³-hybridized carbons (Fsp3) is 0.611. The van der Waals surface area contributed by atoms with Crippen LogP contribution in [0.5, 0.6) is 0 Å². The summed E-state index contributed by atoms with van der Waals surface area (Å²) in [6.07, 6.45) is 3.03. The van der Waals surface area contributed by atoms with Crippen molar-refractivity contribution in [1.29, 1.82) is 0 Å². The summed E-state index contributed by atoms with van der Waals surface area (Å²) in [6, 6.07) is 8.16. The molecule has 2 N–H and O–H groups in total. The van der Waals surface area contributed by atoms with Crippen LogP contribution in [0.15, 0.2) is 24.3 Å². The van der Waals surface area contributed by atoms with Crippen LogP contribution in [0.4, 0.5) is 5.69 Å². The van der Waals surface area contributed by atoms with Crippen molar-refractivity contribution in [3.05, 3.63) is 29.8 Å². The Bertz CT molecular complexity index is 633. The molecule has 1 aliphatic carbocycles. The van der Waals surface area contributed by atoms with E-state index in [0.717, 1.165) is 38.1 Å². The van der Waals surface area contributed by atoms with Crippen LogP contribution in [0, 0.1) is 11.3 Å². The normalized spacial score (nSPS) is 34.0. The van der Waals surface area contributed by atoms with Crippen molar-refractivity contribution in [2.45, 2.75) is 44.8 Å². The van der Waals surface area contributed by atoms with Crippen molar-refractivity contribution >= 4 is 24.0 Å². The average molecular weight is 337 g/mol. The van der Waals surface area contributed by atoms with E-state index in [2.05, 4.69) is 19.9 Å². The van der Waals surface area contributed by atoms with Gasteiger partial charge in [0.15, 0.2) is 0 Å². The number of carbonyl (C=O) groups is 1. The molecule has 1 saturated heterocycles. The summed E-state index contributed by atoms with van der Waals surface area (Å²) in [5.74, 6) is 0.228. The first-order valence-electron chi connectivity index (χ1n) is 8.28. The van der Waals surface area contributed by atoms with Gasteiger partial charge in [-0.1, -0.05) is 32.0 Å². The van der Waals surface area contributed by atoms with Crippen LogP contribution in [0.2, 0.25) is 0 Å². The van der Waals surface area contributed by atoms with Gasteiger partial charge < -0.3 is 15.4 Å². The SMILES string of the molecule is CC1(C)C2OCCCC2C1(N)C(=O)N1CCc2ccccc21.Cl. The van der Waals surface area contributed by atoms with E-state index in [1.807, 2.05) is 23.1 Å². The standard InChI is InChI=1S/C18H24N2O2.ClH/c1-17(2)15-13(7-5-11-22-15)18(17,19)16(21)20-10-9-12-6-3-4-8-14(12)20;/h3-4,6,8,13,15H,5,7,9-11,19H2,1-2H3;1H. The number of carbonyl (C=O) groups excluding carboxylic acids is 1. The van der Waals surface area contributed by atoms with Crippen LogP contribution in [-0.4, -0.2) is 30.7 Å². The highest BCUT2D eigenvalue weighted by Gasteiger charge is 2.71. The first-order valence-corrected chi connectivity index (χ1v) is 8.28. The maximum Gasteiger partial charge on any atom is 0.248 e. The highest BCUT2D eigenvalue weighted by molar-refractivity contribution is 6.03. The van der Waals surface area contributed by atoms with E-state index in [0.29, 0.717) is 0 Å². The molecule has 2 fully saturated rings. The van der Waals surface area contributed by atoms with Gasteiger partial charge in [-0.25, -0.2) is 0 Å². The zero-order valence-electron chi connectivity index (χ0n) is 13.7. The second-order valence-electron chi connectivity index (χ2n) is 7.47. The Morgan fingerprint density at radius 3 is 2.87 bits per heavy atom. The number of nitrogens with two attached hydrogens (primary N) is 1. The Balaban J connectivity index is 0.00000156. The number of anilines is 1. The van der Waals surface area contributed by atoms with Gasteiger partial charge in [-0.3, -0.25) is 4.79 Å². The Morgan fingerprint density at radius 1 is 1.35 bits per heavy atom. The number of fused-ring (bicyclic) bond motifs is 2. The minimum Gasteiger partial charge on any atom is -0.377 e. The molecular formula is C18H25ClN2O2. The lowest BCUT2D eigenvalue weighted by molar-refractivity contribution is -0.223. The van der Waals surface area contributed by atoms with E-state index in [4.69, 9.17) is 10.5 Å². The summed E-state index contributed by atoms with van der Waals surface area (Å²) in [5.41, 5.74) is 7.90. The fourth-order valence-electron chi connectivity index (χ4n) is 4.78. The third-order valence-corrected chi connectivity index (χ3v) is 6.17. The molecule has 0 spiro atoms. The molecule has 4 nitrogen and oxygen atoms in total. The lowest BCUT2D eigenvalue weighted by Crippen LogP contribution is -2.82. The van der Waals surface area contributed by atoms with Gasteiger partial charge in [-0.15, -0.1) is 12.4 Å². The van der Waals surface area contributed by atoms with Crippen molar-refractivity contribution in [1.82, 2.24) is 0 Å². The lowest BCUT2D eigenvalue weighted by atomic mass is 9.46. The highest BCUT2D eigenvalue weighted by Crippen LogP contribution is 2.58. The first kappa shape index (κ1) is 16.7. The van der Waals surface area contributed by atoms with Gasteiger partial charge >= 0.3 is 0 Å². The first-order chi connectivity index (χ1) is 10.5. The van der Waals surface area contributed by atoms with Crippen LogP contribution >= 0.6 is 12.4 Å². The summed E-state index contributed by atoms with van der Waals surface area (Å²) in [5, 5.41) is 0. The van der Waals surface area contributed by atoms with E-state index >= 15 is 0 Å². The van der Waals surface area contributed by atoms with Crippen LogP contribution in [0.1, 0.15) is 32.3 Å². The molecule has 0 aromatic heterocycles. The van der Waals surface area contributed by atoms with Crippen molar-refractivity contribution in [2.24, 2.45) is 17.1 Å². The molecule has 4 rings (SSSR count). The molecule has 0 radical (unpaired) electrons. The molecule has 3 aliphatic rings. The minimum atomic E-state index is -0.810. The maximum atomic E-state index is 13.3. The molecule has 1 saturated carbocycles. The summed E-state index contributed by atoms with van der Waals surface area (Å²) >= 11 is 0. The van der Waals surface area contributed by atoms with E-state index in [1.165, 1.54) is 5.56 Å². The van der Waals surface area contributed by atoms with Gasteiger partial charge in [0.05, 0.1) is 6.10 Å². The van der Waals surface area contributed by atoms with Crippen molar-refractivity contribution < 1.29 is 9.53 Å². The predicted octanol–water partition coefficient (Wildman–Crippen LogP) is 2.53. The van der Waals surface area contributed by atoms with Gasteiger partial charge in [-0.2, -0.15) is 0 Å². The lowest BCUT2D eigenvalue weighted by Gasteiger charge is -2.65. The Kier molecular flexibility index (Phi) is 3.98. The van der Waals surface area contributed by atoms with Crippen LogP contribution < -0.4 is 10.6 Å². The number of benzene rings is 1. The predicted molar refractivity (Wildman–Crippen MR) is 92.9 cm³/mol. The second kappa shape index (κ2) is 5.47. The van der Waals surface area contributed by atoms with Gasteiger partial charge in [0.1, 0.15) is 5.54 Å². The number of halogens is 1. The molecule has 3 unspecified atom stereocenters. The summed E-state index contributed by atoms with van der Waals surface area (Å²) in [6.45, 7) is 5.70. The number of nitrogens with zero attached hydrogens (tertiary/aromatic N) is 1. The highest BCUT2D eigenvalue weighted by atomic mass is 35.5. The number of rotatable bonds is 1. The monoisotopic (exact) mass is 336 g/mol. The Morgan fingerprint density at radius 2 is 2.09 bits per heavy atom. The van der Waals surface area contributed by atoms with Gasteiger partial charge in [0.25, 0.3) is 0 Å². The summed E-state index contributed by atoms with van der Waals surface area (Å²) in [4.78, 5) is 15.2. The molecule has 2 heterocycles. The van der Waals surface area contributed by atoms with E-state index in [-0.39, 0.29) is 35.8 Å². The number of ether oxygens (including phenoxy) is 1. The quantitative estimate of drug-likeness (QED) is 0.857. The number of para-hydroxylation sites is 1. The molecule has 2 aliphatic heterocycles. The van der Waals surface area contributed by atoms with Crippen LogP contribution in [0.25, 0.3) is 0 Å². The maximum absolute atomic E-state index is 13.3. The molecule has 1 aromatic rings. The second-order valence-corrected chi connectivity index (χ2v) is 7.47. The molecule has 23 heavy (non-hydrogen) atoms. The summed E-state index contributed by atoms with van der Waals surface area (Å²) in [7, 11) is 0. The third-order valence-electron chi connectivity index (χ3n) is 6.17. The smallest absolute Gasteiger partial charge is 0.248 e. The Hall–Kier alpha value is -1.10. The molecule has 3 atom stereocenters. The van der Waals surface area contributed by atoms with Crippen molar-refractivity contribution in [3.8, 4) is 0 Å². The third kappa shape index (κ3) is 2.01.